The molecule has 1 unspecified atom stereocenters. The van der Waals surface area contributed by atoms with Gasteiger partial charge in [-0.25, -0.2) is 8.42 Å². The zero-order valence-electron chi connectivity index (χ0n) is 11.3. The first-order valence-corrected chi connectivity index (χ1v) is 8.65. The lowest BCUT2D eigenvalue weighted by Gasteiger charge is -2.25. The molecule has 0 aliphatic carbocycles. The number of aryl methyl sites for hydroxylation is 1. The number of sulfone groups is 1. The van der Waals surface area contributed by atoms with Crippen LogP contribution >= 0.6 is 0 Å². The van der Waals surface area contributed by atoms with Crippen LogP contribution in [0.2, 0.25) is 0 Å². The van der Waals surface area contributed by atoms with Crippen molar-refractivity contribution >= 4 is 21.4 Å². The number of hydrogen-bond donors (Lipinski definition) is 2. The maximum absolute atomic E-state index is 12.1. The van der Waals surface area contributed by atoms with Crippen molar-refractivity contribution in [1.29, 1.82) is 0 Å². The molecular formula is C14H18N2O3S. The third-order valence-corrected chi connectivity index (χ3v) is 5.71. The van der Waals surface area contributed by atoms with Gasteiger partial charge in [0.2, 0.25) is 5.91 Å². The maximum Gasteiger partial charge on any atom is 0.246 e. The second kappa shape index (κ2) is 4.86. The van der Waals surface area contributed by atoms with Gasteiger partial charge in [-0.3, -0.25) is 10.1 Å². The highest BCUT2D eigenvalue weighted by molar-refractivity contribution is 7.91. The second-order valence-electron chi connectivity index (χ2n) is 5.61. The minimum absolute atomic E-state index is 0.0565. The van der Waals surface area contributed by atoms with Gasteiger partial charge < -0.3 is 5.32 Å². The number of benzene rings is 1. The average molecular weight is 294 g/mol. The highest BCUT2D eigenvalue weighted by Gasteiger charge is 2.33. The zero-order chi connectivity index (χ0) is 14.3. The molecule has 0 aromatic heterocycles. The fourth-order valence-electron chi connectivity index (χ4n) is 2.84. The van der Waals surface area contributed by atoms with Gasteiger partial charge in [0.25, 0.3) is 0 Å². The molecule has 1 amide bonds. The number of hydrogen-bond acceptors (Lipinski definition) is 4. The van der Waals surface area contributed by atoms with Crippen molar-refractivity contribution in [1.82, 2.24) is 5.32 Å². The molecule has 2 heterocycles. The fourth-order valence-corrected chi connectivity index (χ4v) is 4.33. The lowest BCUT2D eigenvalue weighted by Crippen LogP contribution is -2.41. The van der Waals surface area contributed by atoms with Crippen molar-refractivity contribution < 1.29 is 13.2 Å². The van der Waals surface area contributed by atoms with Crippen LogP contribution in [0.15, 0.2) is 18.2 Å². The highest BCUT2D eigenvalue weighted by Crippen LogP contribution is 2.32. The minimum atomic E-state index is -2.87. The third kappa shape index (κ3) is 2.58. The standard InChI is InChI=1S/C14H18N2O3S/c1-9-2-3-12-11(8-9)13(14(17)16-12)15-10-4-6-20(18,19)7-5-10/h2-3,8,10,13,15H,4-7H2,1H3,(H,16,17). The van der Waals surface area contributed by atoms with Gasteiger partial charge >= 0.3 is 0 Å². The van der Waals surface area contributed by atoms with E-state index in [0.717, 1.165) is 16.8 Å². The Morgan fingerprint density at radius 2 is 1.95 bits per heavy atom. The summed E-state index contributed by atoms with van der Waals surface area (Å²) in [5.74, 6) is 0.360. The number of carbonyl (C=O) groups excluding carboxylic acids is 1. The first-order valence-electron chi connectivity index (χ1n) is 6.82. The van der Waals surface area contributed by atoms with Gasteiger partial charge in [0, 0.05) is 17.3 Å². The van der Waals surface area contributed by atoms with E-state index in [0.29, 0.717) is 12.8 Å². The summed E-state index contributed by atoms with van der Waals surface area (Å²) < 4.78 is 22.9. The van der Waals surface area contributed by atoms with E-state index in [1.165, 1.54) is 0 Å². The summed E-state index contributed by atoms with van der Waals surface area (Å²) in [6, 6.07) is 5.60. The van der Waals surface area contributed by atoms with E-state index >= 15 is 0 Å². The molecule has 1 atom stereocenters. The Labute approximate surface area is 118 Å². The zero-order valence-corrected chi connectivity index (χ0v) is 12.2. The molecule has 3 rings (SSSR count). The van der Waals surface area contributed by atoms with E-state index in [1.807, 2.05) is 25.1 Å². The Hall–Kier alpha value is -1.40. The first kappa shape index (κ1) is 13.6. The van der Waals surface area contributed by atoms with Gasteiger partial charge in [0.05, 0.1) is 11.5 Å². The van der Waals surface area contributed by atoms with E-state index in [1.54, 1.807) is 0 Å². The smallest absolute Gasteiger partial charge is 0.246 e. The molecule has 6 heteroatoms. The molecule has 0 spiro atoms. The largest absolute Gasteiger partial charge is 0.324 e. The van der Waals surface area contributed by atoms with Crippen molar-refractivity contribution in [2.75, 3.05) is 16.8 Å². The SMILES string of the molecule is Cc1ccc2c(c1)C(NC1CCS(=O)(=O)CC1)C(=O)N2. The topological polar surface area (TPSA) is 75.3 Å². The molecule has 2 aliphatic rings. The van der Waals surface area contributed by atoms with E-state index in [4.69, 9.17) is 0 Å². The lowest BCUT2D eigenvalue weighted by atomic mass is 10.0. The summed E-state index contributed by atoms with van der Waals surface area (Å²) in [5, 5.41) is 6.17. The predicted molar refractivity (Wildman–Crippen MR) is 77.4 cm³/mol. The Bertz CT molecular complexity index is 640. The molecule has 0 saturated carbocycles. The molecule has 5 nitrogen and oxygen atoms in total. The second-order valence-corrected chi connectivity index (χ2v) is 7.91. The van der Waals surface area contributed by atoms with Crippen molar-refractivity contribution in [3.63, 3.8) is 0 Å². The number of fused-ring (bicyclic) bond motifs is 1. The van der Waals surface area contributed by atoms with Crippen molar-refractivity contribution in [3.8, 4) is 0 Å². The van der Waals surface area contributed by atoms with Crippen LogP contribution in [-0.2, 0) is 14.6 Å². The van der Waals surface area contributed by atoms with Crippen LogP contribution in [-0.4, -0.2) is 31.9 Å². The van der Waals surface area contributed by atoms with Crippen LogP contribution in [0.1, 0.15) is 30.0 Å². The van der Waals surface area contributed by atoms with Gasteiger partial charge in [0.15, 0.2) is 0 Å². The fraction of sp³-hybridized carbons (Fsp3) is 0.500. The van der Waals surface area contributed by atoms with Gasteiger partial charge in [-0.05, 0) is 25.8 Å². The van der Waals surface area contributed by atoms with Gasteiger partial charge in [-0.1, -0.05) is 17.7 Å². The van der Waals surface area contributed by atoms with Crippen LogP contribution in [0.25, 0.3) is 0 Å². The summed E-state index contributed by atoms with van der Waals surface area (Å²) in [7, 11) is -2.87. The molecule has 108 valence electrons. The maximum atomic E-state index is 12.1. The molecule has 1 aromatic carbocycles. The minimum Gasteiger partial charge on any atom is -0.324 e. The molecule has 0 bridgehead atoms. The number of nitrogens with one attached hydrogen (secondary N) is 2. The van der Waals surface area contributed by atoms with Crippen LogP contribution in [0, 0.1) is 6.92 Å². The number of anilines is 1. The summed E-state index contributed by atoms with van der Waals surface area (Å²) in [6.07, 6.45) is 1.15. The molecule has 1 fully saturated rings. The Morgan fingerprint density at radius 1 is 1.25 bits per heavy atom. The summed E-state index contributed by atoms with van der Waals surface area (Å²) in [6.45, 7) is 1.99. The van der Waals surface area contributed by atoms with E-state index in [2.05, 4.69) is 10.6 Å². The van der Waals surface area contributed by atoms with Crippen molar-refractivity contribution in [2.45, 2.75) is 31.8 Å². The lowest BCUT2D eigenvalue weighted by molar-refractivity contribution is -0.117. The third-order valence-electron chi connectivity index (χ3n) is 4.00. The summed E-state index contributed by atoms with van der Waals surface area (Å²) in [5.41, 5.74) is 2.92. The summed E-state index contributed by atoms with van der Waals surface area (Å²) >= 11 is 0. The normalized spacial score (nSPS) is 25.2. The van der Waals surface area contributed by atoms with E-state index < -0.39 is 9.84 Å². The Morgan fingerprint density at radius 3 is 2.65 bits per heavy atom. The Kier molecular flexibility index (Phi) is 3.30. The van der Waals surface area contributed by atoms with Gasteiger partial charge in [0.1, 0.15) is 15.9 Å². The van der Waals surface area contributed by atoms with Gasteiger partial charge in [-0.15, -0.1) is 0 Å². The number of rotatable bonds is 2. The number of carbonyl (C=O) groups is 1. The van der Waals surface area contributed by atoms with Crippen molar-refractivity contribution in [3.05, 3.63) is 29.3 Å². The average Bonchev–Trinajstić information content (AvgIpc) is 2.68. The van der Waals surface area contributed by atoms with Crippen LogP contribution in [0.4, 0.5) is 5.69 Å². The molecular weight excluding hydrogens is 276 g/mol. The van der Waals surface area contributed by atoms with Gasteiger partial charge in [-0.2, -0.15) is 0 Å². The molecule has 1 saturated heterocycles. The summed E-state index contributed by atoms with van der Waals surface area (Å²) in [4.78, 5) is 12.1. The quantitative estimate of drug-likeness (QED) is 0.858. The highest BCUT2D eigenvalue weighted by atomic mass is 32.2. The molecule has 2 N–H and O–H groups in total. The van der Waals surface area contributed by atoms with E-state index in [9.17, 15) is 13.2 Å². The molecule has 1 aromatic rings. The van der Waals surface area contributed by atoms with Crippen molar-refractivity contribution in [2.24, 2.45) is 0 Å². The van der Waals surface area contributed by atoms with E-state index in [-0.39, 0.29) is 29.5 Å². The predicted octanol–water partition coefficient (Wildman–Crippen LogP) is 1.16. The molecule has 20 heavy (non-hydrogen) atoms. The number of amides is 1. The molecule has 2 aliphatic heterocycles. The Balaban J connectivity index is 1.76. The van der Waals surface area contributed by atoms with Crippen LogP contribution in [0.5, 0.6) is 0 Å². The first-order chi connectivity index (χ1) is 9.44. The molecule has 0 radical (unpaired) electrons. The van der Waals surface area contributed by atoms with Crippen LogP contribution in [0.3, 0.4) is 0 Å². The van der Waals surface area contributed by atoms with Crippen LogP contribution < -0.4 is 10.6 Å². The monoisotopic (exact) mass is 294 g/mol.